The van der Waals surface area contributed by atoms with Crippen LogP contribution in [0.2, 0.25) is 0 Å². The van der Waals surface area contributed by atoms with E-state index >= 15 is 0 Å². The largest absolute Gasteiger partial charge is 0.459 e. The maximum Gasteiger partial charge on any atom is 0.338 e. The summed E-state index contributed by atoms with van der Waals surface area (Å²) in [5.41, 5.74) is 9.39. The van der Waals surface area contributed by atoms with Gasteiger partial charge in [-0.3, -0.25) is 9.59 Å². The minimum absolute atomic E-state index is 0.0981. The van der Waals surface area contributed by atoms with Crippen LogP contribution in [-0.4, -0.2) is 59.7 Å². The first-order chi connectivity index (χ1) is 15.2. The number of amides is 2. The number of nitrogens with one attached hydrogen (secondary N) is 1. The lowest BCUT2D eigenvalue weighted by Crippen LogP contribution is -2.68. The molecule has 2 fully saturated rings. The maximum absolute atomic E-state index is 13.3. The molecule has 1 aromatic carbocycles. The van der Waals surface area contributed by atoms with Crippen molar-refractivity contribution in [1.29, 1.82) is 0 Å². The molecule has 10 nitrogen and oxygen atoms in total. The number of carbonyl (C=O) groups excluding carboxylic acids is 3. The van der Waals surface area contributed by atoms with Crippen molar-refractivity contribution >= 4 is 17.8 Å². The highest BCUT2D eigenvalue weighted by molar-refractivity contribution is 5.97. The van der Waals surface area contributed by atoms with Crippen molar-refractivity contribution in [3.05, 3.63) is 46.3 Å². The zero-order valence-electron chi connectivity index (χ0n) is 18.7. The quantitative estimate of drug-likeness (QED) is 0.299. The second-order valence-corrected chi connectivity index (χ2v) is 8.77. The summed E-state index contributed by atoms with van der Waals surface area (Å²) in [5.74, 6) is -1.24. The Morgan fingerprint density at radius 3 is 2.53 bits per heavy atom. The molecule has 2 amide bonds. The van der Waals surface area contributed by atoms with Gasteiger partial charge < -0.3 is 19.7 Å². The molecular weight excluding hydrogens is 414 g/mol. The van der Waals surface area contributed by atoms with Crippen LogP contribution in [0.15, 0.2) is 35.4 Å². The lowest BCUT2D eigenvalue weighted by atomic mass is 9.92. The highest BCUT2D eigenvalue weighted by Crippen LogP contribution is 2.32. The molecule has 0 unspecified atom stereocenters. The minimum atomic E-state index is -0.766. The molecule has 2 aliphatic rings. The number of hydrogen-bond donors (Lipinski definition) is 1. The number of benzene rings is 1. The van der Waals surface area contributed by atoms with Gasteiger partial charge in [0, 0.05) is 11.3 Å². The molecule has 1 N–H and O–H groups in total. The summed E-state index contributed by atoms with van der Waals surface area (Å²) in [7, 11) is 0. The Morgan fingerprint density at radius 1 is 1.25 bits per heavy atom. The number of nitrogens with zero attached hydrogens (tertiary/aromatic N) is 4. The van der Waals surface area contributed by atoms with E-state index in [1.165, 1.54) is 4.90 Å². The molecule has 0 bridgehead atoms. The molecule has 0 aliphatic carbocycles. The number of rotatable bonds is 7. The normalized spacial score (nSPS) is 27.9. The zero-order chi connectivity index (χ0) is 23.4. The fourth-order valence-electron chi connectivity index (χ4n) is 4.16. The summed E-state index contributed by atoms with van der Waals surface area (Å²) in [6.45, 7) is 7.31. The summed E-state index contributed by atoms with van der Waals surface area (Å²) in [4.78, 5) is 42.8. The van der Waals surface area contributed by atoms with Crippen LogP contribution < -0.4 is 5.32 Å². The van der Waals surface area contributed by atoms with Gasteiger partial charge in [0.25, 0.3) is 0 Å². The van der Waals surface area contributed by atoms with E-state index in [0.29, 0.717) is 5.56 Å². The van der Waals surface area contributed by atoms with Gasteiger partial charge in [-0.25, -0.2) is 4.79 Å². The number of esters is 1. The van der Waals surface area contributed by atoms with Crippen LogP contribution in [0.25, 0.3) is 10.4 Å². The van der Waals surface area contributed by atoms with Crippen LogP contribution >= 0.6 is 0 Å². The molecule has 2 aliphatic heterocycles. The summed E-state index contributed by atoms with van der Waals surface area (Å²) in [6, 6.07) is 6.51. The third-order valence-corrected chi connectivity index (χ3v) is 5.79. The number of ether oxygens (including phenoxy) is 2. The van der Waals surface area contributed by atoms with Gasteiger partial charge >= 0.3 is 5.97 Å². The summed E-state index contributed by atoms with van der Waals surface area (Å²) in [5, 5.41) is 6.61. The fourth-order valence-corrected chi connectivity index (χ4v) is 4.16. The molecule has 2 heterocycles. The van der Waals surface area contributed by atoms with Crippen LogP contribution in [-0.2, 0) is 19.1 Å². The zero-order valence-corrected chi connectivity index (χ0v) is 18.7. The van der Waals surface area contributed by atoms with Crippen molar-refractivity contribution < 1.29 is 23.9 Å². The second-order valence-electron chi connectivity index (χ2n) is 8.77. The summed E-state index contributed by atoms with van der Waals surface area (Å²) >= 11 is 0. The van der Waals surface area contributed by atoms with Gasteiger partial charge in [0.05, 0.1) is 11.6 Å². The van der Waals surface area contributed by atoms with Crippen LogP contribution in [0.5, 0.6) is 0 Å². The summed E-state index contributed by atoms with van der Waals surface area (Å²) in [6.07, 6.45) is -1.28. The molecule has 1 aromatic rings. The van der Waals surface area contributed by atoms with Crippen molar-refractivity contribution in [2.24, 2.45) is 17.0 Å². The monoisotopic (exact) mass is 443 g/mol. The predicted molar refractivity (Wildman–Crippen MR) is 115 cm³/mol. The second kappa shape index (κ2) is 10.0. The van der Waals surface area contributed by atoms with Crippen LogP contribution in [0.1, 0.15) is 44.5 Å². The molecule has 32 heavy (non-hydrogen) atoms. The van der Waals surface area contributed by atoms with Gasteiger partial charge in [-0.15, -0.1) is 0 Å². The van der Waals surface area contributed by atoms with E-state index < -0.39 is 36.4 Å². The molecular formula is C22H29N5O5. The van der Waals surface area contributed by atoms with Gasteiger partial charge in [0.15, 0.2) is 0 Å². The van der Waals surface area contributed by atoms with Crippen LogP contribution in [0, 0.1) is 11.8 Å². The Balaban J connectivity index is 1.79. The fraction of sp³-hybridized carbons (Fsp3) is 0.591. The Morgan fingerprint density at radius 2 is 1.94 bits per heavy atom. The first kappa shape index (κ1) is 23.6. The molecule has 172 valence electrons. The van der Waals surface area contributed by atoms with E-state index in [4.69, 9.17) is 15.0 Å². The van der Waals surface area contributed by atoms with Crippen molar-refractivity contribution in [2.45, 2.75) is 64.6 Å². The number of piperazine rings is 1. The molecule has 0 aromatic heterocycles. The highest BCUT2D eigenvalue weighted by atomic mass is 16.6. The SMILES string of the molecule is CC(C)[C@@H]1NC(=O)[C@H](C(C)C)N([C@H]2C[C@H](N=[N+]=[N-])[C@@H](COC(=O)c3ccccc3)O2)C1=O. The summed E-state index contributed by atoms with van der Waals surface area (Å²) < 4.78 is 11.4. The molecule has 5 atom stereocenters. The standard InChI is InChI=1S/C22H29N5O5/c1-12(2)18-21(29)27(19(13(3)4)20(28)24-18)17-10-15(25-26-23)16(32-17)11-31-22(30)14-8-6-5-7-9-14/h5-9,12-13,15-19H,10-11H2,1-4H3,(H,24,28)/t15-,16+,17+,18-,19-/m0/s1. The topological polar surface area (TPSA) is 134 Å². The molecule has 2 saturated heterocycles. The van der Waals surface area contributed by atoms with E-state index in [1.54, 1.807) is 30.3 Å². The number of hydrogen-bond acceptors (Lipinski definition) is 6. The first-order valence-corrected chi connectivity index (χ1v) is 10.8. The van der Waals surface area contributed by atoms with E-state index in [1.807, 2.05) is 27.7 Å². The maximum atomic E-state index is 13.3. The average molecular weight is 444 g/mol. The van der Waals surface area contributed by atoms with Gasteiger partial charge in [0.1, 0.15) is 31.0 Å². The Hall–Kier alpha value is -3.10. The molecule has 10 heteroatoms. The van der Waals surface area contributed by atoms with Crippen molar-refractivity contribution in [2.75, 3.05) is 6.61 Å². The van der Waals surface area contributed by atoms with Gasteiger partial charge in [-0.05, 0) is 29.5 Å². The van der Waals surface area contributed by atoms with E-state index in [2.05, 4.69) is 15.3 Å². The number of carbonyl (C=O) groups is 3. The molecule has 0 radical (unpaired) electrons. The van der Waals surface area contributed by atoms with Crippen molar-refractivity contribution in [3.8, 4) is 0 Å². The molecule has 3 rings (SSSR count). The van der Waals surface area contributed by atoms with Crippen LogP contribution in [0.4, 0.5) is 0 Å². The molecule has 0 spiro atoms. The smallest absolute Gasteiger partial charge is 0.338 e. The van der Waals surface area contributed by atoms with E-state index in [-0.39, 0.29) is 36.7 Å². The van der Waals surface area contributed by atoms with E-state index in [9.17, 15) is 14.4 Å². The highest BCUT2D eigenvalue weighted by Gasteiger charge is 2.50. The minimum Gasteiger partial charge on any atom is -0.459 e. The Kier molecular flexibility index (Phi) is 7.37. The third kappa shape index (κ3) is 4.87. The lowest BCUT2D eigenvalue weighted by molar-refractivity contribution is -0.170. The van der Waals surface area contributed by atoms with Crippen LogP contribution in [0.3, 0.4) is 0 Å². The van der Waals surface area contributed by atoms with Crippen molar-refractivity contribution in [3.63, 3.8) is 0 Å². The molecule has 0 saturated carbocycles. The van der Waals surface area contributed by atoms with E-state index in [0.717, 1.165) is 0 Å². The van der Waals surface area contributed by atoms with Gasteiger partial charge in [0.2, 0.25) is 11.8 Å². The Labute approximate surface area is 186 Å². The van der Waals surface area contributed by atoms with Gasteiger partial charge in [-0.2, -0.15) is 0 Å². The predicted octanol–water partition coefficient (Wildman–Crippen LogP) is 2.64. The number of azide groups is 1. The Bertz CT molecular complexity index is 899. The van der Waals surface area contributed by atoms with Gasteiger partial charge in [-0.1, -0.05) is 51.0 Å². The first-order valence-electron chi connectivity index (χ1n) is 10.8. The van der Waals surface area contributed by atoms with Crippen molar-refractivity contribution in [1.82, 2.24) is 10.2 Å². The third-order valence-electron chi connectivity index (χ3n) is 5.79. The average Bonchev–Trinajstić information content (AvgIpc) is 3.15. The lowest BCUT2D eigenvalue weighted by Gasteiger charge is -2.44.